The molecule has 0 fully saturated rings. The van der Waals surface area contributed by atoms with Gasteiger partial charge in [0.05, 0.1) is 0 Å². The summed E-state index contributed by atoms with van der Waals surface area (Å²) < 4.78 is 297. The number of hydrogen-bond acceptors (Lipinski definition) is 0. The third-order valence-electron chi connectivity index (χ3n) is 8.67. The molecule has 310 valence electrons. The molecule has 6 aromatic rings. The first-order chi connectivity index (χ1) is 27.5. The number of hydrogen-bond donors (Lipinski definition) is 0. The van der Waals surface area contributed by atoms with Crippen molar-refractivity contribution in [2.24, 2.45) is 0 Å². The first-order valence-electron chi connectivity index (χ1n) is 15.5. The van der Waals surface area contributed by atoms with Crippen LogP contribution in [0.25, 0.3) is 0 Å². The summed E-state index contributed by atoms with van der Waals surface area (Å²) in [6.07, 6.45) is -7.22. The van der Waals surface area contributed by atoms with Crippen molar-refractivity contribution in [3.63, 3.8) is 0 Å². The third kappa shape index (κ3) is 7.25. The van der Waals surface area contributed by atoms with Gasteiger partial charge in [0, 0.05) is 0 Å². The van der Waals surface area contributed by atoms with Crippen LogP contribution < -0.4 is 43.1 Å². The van der Waals surface area contributed by atoms with Gasteiger partial charge < -0.3 is 0 Å². The highest BCUT2D eigenvalue weighted by Gasteiger charge is 2.52. The van der Waals surface area contributed by atoms with Gasteiger partial charge >= 0.3 is 21.2 Å². The molecular formula is C37H12BF20I. The number of aryl methyl sites for hydroxylation is 1. The Hall–Kier alpha value is -5.29. The lowest BCUT2D eigenvalue weighted by Crippen LogP contribution is -3.61. The van der Waals surface area contributed by atoms with Crippen molar-refractivity contribution in [3.8, 4) is 0 Å². The van der Waals surface area contributed by atoms with Crippen LogP contribution in [-0.2, 0) is 0 Å². The fraction of sp³-hybridized carbons (Fsp3) is 0.0270. The summed E-state index contributed by atoms with van der Waals surface area (Å²) in [7, 11) is 0. The second-order valence-corrected chi connectivity index (χ2v) is 15.0. The maximum atomic E-state index is 15.4. The molecular weight excluding hydrogens is 962 g/mol. The summed E-state index contributed by atoms with van der Waals surface area (Å²) in [6, 6.07) is 19.6. The van der Waals surface area contributed by atoms with Crippen LogP contribution in [0, 0.1) is 130 Å². The van der Waals surface area contributed by atoms with Crippen LogP contribution in [0.2, 0.25) is 0 Å². The highest BCUT2D eigenvalue weighted by atomic mass is 127. The number of benzene rings is 6. The van der Waals surface area contributed by atoms with Crippen molar-refractivity contribution in [3.05, 3.63) is 184 Å². The quantitative estimate of drug-likeness (QED) is 0.0636. The summed E-state index contributed by atoms with van der Waals surface area (Å²) >= 11 is 0.0159. The molecule has 22 heteroatoms. The summed E-state index contributed by atoms with van der Waals surface area (Å²) in [6.45, 7) is 2.13. The Bertz CT molecular complexity index is 2250. The Balaban J connectivity index is 0.000000395. The Kier molecular flexibility index (Phi) is 12.7. The second kappa shape index (κ2) is 16.8. The predicted octanol–water partition coefficient (Wildman–Crippen LogP) is 5.97. The van der Waals surface area contributed by atoms with Crippen LogP contribution in [0.15, 0.2) is 54.6 Å². The zero-order valence-corrected chi connectivity index (χ0v) is 30.4. The highest BCUT2D eigenvalue weighted by molar-refractivity contribution is 7.20. The maximum Gasteiger partial charge on any atom is 0.357 e. The SMILES string of the molecule is Cc1ccc([I+]c2ccccc2)cc1.Fc1c(F)c(F)c([B-](c2c(F)c(F)c(F)c(F)c2F)(c2c(F)c(F)c(F)c(F)c2F)c2c(F)c(F)c(F)c(F)c2F)c(F)c1F. The molecule has 0 amide bonds. The smallest absolute Gasteiger partial charge is 0.207 e. The van der Waals surface area contributed by atoms with Gasteiger partial charge in [-0.25, -0.2) is 87.8 Å². The first kappa shape index (κ1) is 44.8. The fourth-order valence-electron chi connectivity index (χ4n) is 6.07. The molecule has 0 aliphatic heterocycles. The van der Waals surface area contributed by atoms with Gasteiger partial charge in [-0.3, -0.25) is 0 Å². The lowest BCUT2D eigenvalue weighted by Gasteiger charge is -2.44. The third-order valence-corrected chi connectivity index (χ3v) is 11.4. The van der Waals surface area contributed by atoms with Crippen LogP contribution in [0.5, 0.6) is 0 Å². The predicted molar refractivity (Wildman–Crippen MR) is 164 cm³/mol. The van der Waals surface area contributed by atoms with E-state index in [9.17, 15) is 52.7 Å². The molecule has 0 nitrogen and oxygen atoms in total. The van der Waals surface area contributed by atoms with Crippen molar-refractivity contribution in [1.82, 2.24) is 0 Å². The highest BCUT2D eigenvalue weighted by Crippen LogP contribution is 2.30. The molecule has 0 aliphatic rings. The van der Waals surface area contributed by atoms with Crippen molar-refractivity contribution in [2.45, 2.75) is 6.92 Å². The van der Waals surface area contributed by atoms with Crippen LogP contribution in [0.1, 0.15) is 5.56 Å². The minimum atomic E-state index is -7.22. The monoisotopic (exact) mass is 974 g/mol. The number of rotatable bonds is 6. The lowest BCUT2D eigenvalue weighted by molar-refractivity contribution is -0.597. The van der Waals surface area contributed by atoms with Gasteiger partial charge in [0.1, 0.15) is 52.7 Å². The van der Waals surface area contributed by atoms with E-state index < -0.39 is 144 Å². The van der Waals surface area contributed by atoms with Gasteiger partial charge in [-0.15, -0.1) is 21.9 Å². The van der Waals surface area contributed by atoms with Crippen molar-refractivity contribution in [2.75, 3.05) is 0 Å². The molecule has 6 aromatic carbocycles. The van der Waals surface area contributed by atoms with Crippen molar-refractivity contribution >= 4 is 28.0 Å². The van der Waals surface area contributed by atoms with E-state index in [1.54, 1.807) is 0 Å². The molecule has 59 heavy (non-hydrogen) atoms. The Labute approximate surface area is 326 Å². The molecule has 0 atom stereocenters. The van der Waals surface area contributed by atoms with Gasteiger partial charge in [0.15, 0.2) is 76.9 Å². The van der Waals surface area contributed by atoms with E-state index in [1.165, 1.54) is 12.7 Å². The average Bonchev–Trinajstić information content (AvgIpc) is 3.22. The Morgan fingerprint density at radius 1 is 0.271 bits per heavy atom. The molecule has 0 N–H and O–H groups in total. The van der Waals surface area contributed by atoms with E-state index in [2.05, 4.69) is 61.5 Å². The Morgan fingerprint density at radius 2 is 0.475 bits per heavy atom. The fourth-order valence-corrected chi connectivity index (χ4v) is 8.29. The van der Waals surface area contributed by atoms with Gasteiger partial charge in [-0.1, -0.05) is 35.9 Å². The van der Waals surface area contributed by atoms with E-state index in [1.807, 2.05) is 0 Å². The van der Waals surface area contributed by atoms with Gasteiger partial charge in [-0.2, -0.15) is 0 Å². The van der Waals surface area contributed by atoms with Gasteiger partial charge in [0.25, 0.3) is 0 Å². The molecule has 0 saturated carbocycles. The molecule has 0 spiro atoms. The minimum Gasteiger partial charge on any atom is -0.207 e. The standard InChI is InChI=1S/C24BF20.C13H12I/c26-5-1(6(27)14(35)21(42)13(5)34)25(2-7(28)15(36)22(43)16(37)8(2)29,3-9(30)17(38)23(44)18(39)10(3)31)4-11(32)19(40)24(45)20(41)12(4)33;1-11-7-9-13(10-8-11)14-12-5-3-2-4-6-12/h;2-10H,1H3/q-1;+1. The maximum absolute atomic E-state index is 15.4. The zero-order valence-electron chi connectivity index (χ0n) is 28.2. The molecule has 0 aliphatic carbocycles. The van der Waals surface area contributed by atoms with Crippen LogP contribution in [0.4, 0.5) is 87.8 Å². The van der Waals surface area contributed by atoms with Crippen molar-refractivity contribution in [1.29, 1.82) is 0 Å². The van der Waals surface area contributed by atoms with E-state index in [0.717, 1.165) is 0 Å². The minimum absolute atomic E-state index is 0.0159. The van der Waals surface area contributed by atoms with Gasteiger partial charge in [-0.05, 0) is 31.2 Å². The van der Waals surface area contributed by atoms with Crippen LogP contribution in [-0.4, -0.2) is 6.15 Å². The van der Waals surface area contributed by atoms with Crippen LogP contribution in [0.3, 0.4) is 0 Å². The summed E-state index contributed by atoms with van der Waals surface area (Å²) in [5.41, 5.74) is -13.0. The molecule has 6 rings (SSSR count). The van der Waals surface area contributed by atoms with E-state index in [-0.39, 0.29) is 21.2 Å². The Morgan fingerprint density at radius 3 is 0.712 bits per heavy atom. The average molecular weight is 974 g/mol. The molecule has 0 heterocycles. The topological polar surface area (TPSA) is 0 Å². The number of halogens is 21. The molecule has 0 radical (unpaired) electrons. The first-order valence-corrected chi connectivity index (χ1v) is 17.7. The summed E-state index contributed by atoms with van der Waals surface area (Å²) in [5, 5.41) is 0. The van der Waals surface area contributed by atoms with E-state index in [4.69, 9.17) is 0 Å². The summed E-state index contributed by atoms with van der Waals surface area (Å²) in [4.78, 5) is 0. The van der Waals surface area contributed by atoms with E-state index in [0.29, 0.717) is 0 Å². The molecule has 0 saturated heterocycles. The molecule has 0 bridgehead atoms. The normalized spacial score (nSPS) is 11.5. The van der Waals surface area contributed by atoms with E-state index >= 15 is 35.1 Å². The summed E-state index contributed by atoms with van der Waals surface area (Å²) in [5.74, 6) is -71.4. The molecule has 0 aromatic heterocycles. The largest absolute Gasteiger partial charge is 0.357 e. The zero-order chi connectivity index (χ0) is 44.2. The van der Waals surface area contributed by atoms with Crippen LogP contribution >= 0.6 is 0 Å². The lowest BCUT2D eigenvalue weighted by atomic mass is 9.12. The second-order valence-electron chi connectivity index (χ2n) is 12.0. The molecule has 0 unspecified atom stereocenters. The van der Waals surface area contributed by atoms with Crippen molar-refractivity contribution < 1.29 is 109 Å². The van der Waals surface area contributed by atoms with Gasteiger partial charge in [0.2, 0.25) is 0 Å².